The number of rotatable bonds is 7. The second-order valence-electron chi connectivity index (χ2n) is 9.46. The summed E-state index contributed by atoms with van der Waals surface area (Å²) in [5.41, 5.74) is 5.15. The van der Waals surface area contributed by atoms with Crippen molar-refractivity contribution in [2.24, 2.45) is 0 Å². The Labute approximate surface area is 196 Å². The molecule has 1 aromatic heterocycles. The van der Waals surface area contributed by atoms with Crippen LogP contribution in [0.25, 0.3) is 11.3 Å². The maximum atomic E-state index is 12.0. The first-order valence-electron chi connectivity index (χ1n) is 11.6. The summed E-state index contributed by atoms with van der Waals surface area (Å²) in [6.45, 7) is 8.68. The molecular weight excluding hydrogens is 412 g/mol. The third kappa shape index (κ3) is 6.65. The van der Waals surface area contributed by atoms with Crippen molar-refractivity contribution in [3.63, 3.8) is 0 Å². The molecule has 0 N–H and O–H groups in total. The van der Waals surface area contributed by atoms with Gasteiger partial charge in [0.2, 0.25) is 0 Å². The first-order valence-corrected chi connectivity index (χ1v) is 11.6. The second-order valence-corrected chi connectivity index (χ2v) is 9.46. The number of carbonyl (C=O) groups excluding carboxylic acids is 1. The van der Waals surface area contributed by atoms with Gasteiger partial charge in [0.05, 0.1) is 12.1 Å². The Hall–Kier alpha value is -3.18. The number of fused-ring (bicyclic) bond motifs is 1. The zero-order chi connectivity index (χ0) is 23.3. The van der Waals surface area contributed by atoms with E-state index in [2.05, 4.69) is 41.3 Å². The third-order valence-corrected chi connectivity index (χ3v) is 5.58. The van der Waals surface area contributed by atoms with Crippen LogP contribution in [0, 0.1) is 0 Å². The summed E-state index contributed by atoms with van der Waals surface area (Å²) in [4.78, 5) is 19.2. The van der Waals surface area contributed by atoms with Crippen LogP contribution in [0.2, 0.25) is 0 Å². The Kier molecular flexibility index (Phi) is 7.09. The number of carbonyl (C=O) groups is 1. The van der Waals surface area contributed by atoms with Crippen molar-refractivity contribution < 1.29 is 14.3 Å². The molecule has 0 saturated heterocycles. The smallest absolute Gasteiger partial charge is 0.307 e. The van der Waals surface area contributed by atoms with E-state index in [1.165, 1.54) is 5.56 Å². The molecule has 0 saturated carbocycles. The summed E-state index contributed by atoms with van der Waals surface area (Å²) in [6.07, 6.45) is 1.30. The predicted molar refractivity (Wildman–Crippen MR) is 130 cm³/mol. The molecule has 0 radical (unpaired) electrons. The zero-order valence-electron chi connectivity index (χ0n) is 19.7. The van der Waals surface area contributed by atoms with Gasteiger partial charge in [0, 0.05) is 37.3 Å². The van der Waals surface area contributed by atoms with Crippen LogP contribution in [0.15, 0.2) is 66.7 Å². The lowest BCUT2D eigenvalue weighted by Gasteiger charge is -2.28. The van der Waals surface area contributed by atoms with Gasteiger partial charge in [0.25, 0.3) is 0 Å². The SMILES string of the molecule is CC(C)(C)OC(=O)CCN1CCc2nc(-c3ccc(OCc4ccccc4)cc3)ccc2C1. The lowest BCUT2D eigenvalue weighted by Crippen LogP contribution is -2.34. The van der Waals surface area contributed by atoms with Crippen LogP contribution in [0.3, 0.4) is 0 Å². The van der Waals surface area contributed by atoms with Crippen molar-refractivity contribution in [1.82, 2.24) is 9.88 Å². The highest BCUT2D eigenvalue weighted by Crippen LogP contribution is 2.25. The van der Waals surface area contributed by atoms with E-state index in [9.17, 15) is 4.79 Å². The van der Waals surface area contributed by atoms with Crippen LogP contribution in [0.4, 0.5) is 0 Å². The fourth-order valence-electron chi connectivity index (χ4n) is 3.93. The van der Waals surface area contributed by atoms with E-state index >= 15 is 0 Å². The topological polar surface area (TPSA) is 51.7 Å². The van der Waals surface area contributed by atoms with Crippen molar-refractivity contribution >= 4 is 5.97 Å². The highest BCUT2D eigenvalue weighted by Gasteiger charge is 2.21. The first kappa shape index (κ1) is 23.0. The summed E-state index contributed by atoms with van der Waals surface area (Å²) in [7, 11) is 0. The van der Waals surface area contributed by atoms with Crippen molar-refractivity contribution in [3.05, 3.63) is 83.6 Å². The highest BCUT2D eigenvalue weighted by atomic mass is 16.6. The number of hydrogen-bond acceptors (Lipinski definition) is 5. The molecule has 4 rings (SSSR count). The minimum atomic E-state index is -0.432. The van der Waals surface area contributed by atoms with Gasteiger partial charge in [-0.2, -0.15) is 0 Å². The Morgan fingerprint density at radius 2 is 1.76 bits per heavy atom. The van der Waals surface area contributed by atoms with E-state index in [4.69, 9.17) is 14.5 Å². The Balaban J connectivity index is 1.33. The molecule has 0 unspecified atom stereocenters. The molecule has 0 spiro atoms. The largest absolute Gasteiger partial charge is 0.489 e. The van der Waals surface area contributed by atoms with E-state index in [0.717, 1.165) is 47.8 Å². The third-order valence-electron chi connectivity index (χ3n) is 5.58. The number of benzene rings is 2. The molecule has 0 amide bonds. The van der Waals surface area contributed by atoms with E-state index < -0.39 is 5.60 Å². The summed E-state index contributed by atoms with van der Waals surface area (Å²) in [5, 5.41) is 0. The minimum Gasteiger partial charge on any atom is -0.489 e. The summed E-state index contributed by atoms with van der Waals surface area (Å²) >= 11 is 0. The van der Waals surface area contributed by atoms with Crippen LogP contribution >= 0.6 is 0 Å². The molecule has 1 aliphatic heterocycles. The van der Waals surface area contributed by atoms with Crippen LogP contribution in [0.1, 0.15) is 44.0 Å². The quantitative estimate of drug-likeness (QED) is 0.456. The molecule has 33 heavy (non-hydrogen) atoms. The molecule has 0 atom stereocenters. The van der Waals surface area contributed by atoms with Gasteiger partial charge < -0.3 is 9.47 Å². The molecule has 172 valence electrons. The Bertz CT molecular complexity index is 1070. The average molecular weight is 445 g/mol. The van der Waals surface area contributed by atoms with Gasteiger partial charge >= 0.3 is 5.97 Å². The molecule has 0 fully saturated rings. The molecular formula is C28H32N2O3. The number of ether oxygens (including phenoxy) is 2. The Morgan fingerprint density at radius 1 is 1.00 bits per heavy atom. The number of esters is 1. The van der Waals surface area contributed by atoms with E-state index in [1.54, 1.807) is 0 Å². The Morgan fingerprint density at radius 3 is 2.48 bits per heavy atom. The second kappa shape index (κ2) is 10.2. The van der Waals surface area contributed by atoms with Gasteiger partial charge in [0.1, 0.15) is 18.0 Å². The molecule has 3 aromatic rings. The van der Waals surface area contributed by atoms with Crippen molar-refractivity contribution in [2.75, 3.05) is 13.1 Å². The maximum absolute atomic E-state index is 12.0. The summed E-state index contributed by atoms with van der Waals surface area (Å²) in [5.74, 6) is 0.708. The highest BCUT2D eigenvalue weighted by molar-refractivity contribution is 5.70. The monoisotopic (exact) mass is 444 g/mol. The van der Waals surface area contributed by atoms with E-state index in [1.807, 2.05) is 51.1 Å². The van der Waals surface area contributed by atoms with Crippen LogP contribution in [-0.2, 0) is 29.1 Å². The predicted octanol–water partition coefficient (Wildman–Crippen LogP) is 5.42. The van der Waals surface area contributed by atoms with Crippen molar-refractivity contribution in [1.29, 1.82) is 0 Å². The summed E-state index contributed by atoms with van der Waals surface area (Å²) < 4.78 is 11.3. The van der Waals surface area contributed by atoms with Crippen LogP contribution < -0.4 is 4.74 Å². The van der Waals surface area contributed by atoms with Crippen molar-refractivity contribution in [3.8, 4) is 17.0 Å². The van der Waals surface area contributed by atoms with E-state index in [0.29, 0.717) is 19.6 Å². The number of hydrogen-bond donors (Lipinski definition) is 0. The maximum Gasteiger partial charge on any atom is 0.307 e. The summed E-state index contributed by atoms with van der Waals surface area (Å²) in [6, 6.07) is 22.5. The fraction of sp³-hybridized carbons (Fsp3) is 0.357. The van der Waals surface area contributed by atoms with Gasteiger partial charge in [-0.25, -0.2) is 0 Å². The number of nitrogens with zero attached hydrogens (tertiary/aromatic N) is 2. The molecule has 2 aromatic carbocycles. The lowest BCUT2D eigenvalue weighted by molar-refractivity contribution is -0.155. The molecule has 1 aliphatic rings. The standard InChI is InChI=1S/C28H32N2O3/c1-28(2,3)33-27(31)16-18-30-17-15-26-23(19-30)11-14-25(29-26)22-9-12-24(13-10-22)32-20-21-7-5-4-6-8-21/h4-14H,15-20H2,1-3H3. The van der Waals surface area contributed by atoms with Crippen molar-refractivity contribution in [2.45, 2.75) is 52.4 Å². The lowest BCUT2D eigenvalue weighted by atomic mass is 10.0. The normalized spacial score (nSPS) is 13.9. The molecule has 0 aliphatic carbocycles. The van der Waals surface area contributed by atoms with E-state index in [-0.39, 0.29) is 5.97 Å². The van der Waals surface area contributed by atoms with Gasteiger partial charge in [-0.3, -0.25) is 14.7 Å². The van der Waals surface area contributed by atoms with Crippen LogP contribution in [0.5, 0.6) is 5.75 Å². The van der Waals surface area contributed by atoms with Gasteiger partial charge in [-0.15, -0.1) is 0 Å². The zero-order valence-corrected chi connectivity index (χ0v) is 19.7. The molecule has 5 heteroatoms. The van der Waals surface area contributed by atoms with Gasteiger partial charge in [0.15, 0.2) is 0 Å². The van der Waals surface area contributed by atoms with Gasteiger partial charge in [-0.05, 0) is 62.2 Å². The first-order chi connectivity index (χ1) is 15.9. The number of aromatic nitrogens is 1. The minimum absolute atomic E-state index is 0.141. The fourth-order valence-corrected chi connectivity index (χ4v) is 3.93. The molecule has 2 heterocycles. The number of pyridine rings is 1. The molecule has 0 bridgehead atoms. The average Bonchev–Trinajstić information content (AvgIpc) is 2.81. The van der Waals surface area contributed by atoms with Crippen LogP contribution in [-0.4, -0.2) is 34.5 Å². The molecule has 5 nitrogen and oxygen atoms in total. The van der Waals surface area contributed by atoms with Gasteiger partial charge in [-0.1, -0.05) is 36.4 Å².